The molecule has 0 aromatic heterocycles. The van der Waals surface area contributed by atoms with Crippen LogP contribution in [0, 0.1) is 5.92 Å². The number of carbonyl (C=O) groups excluding carboxylic acids is 1. The molecule has 1 aliphatic carbocycles. The maximum atomic E-state index is 13.1. The number of nitrogens with one attached hydrogen (secondary N) is 2. The van der Waals surface area contributed by atoms with Gasteiger partial charge in [-0.25, -0.2) is 0 Å². The number of hydrogen-bond donors (Lipinski definition) is 2. The predicted octanol–water partition coefficient (Wildman–Crippen LogP) is 3.69. The normalized spacial score (nSPS) is 26.3. The summed E-state index contributed by atoms with van der Waals surface area (Å²) in [6, 6.07) is 8.08. The first-order valence-electron chi connectivity index (χ1n) is 8.39. The summed E-state index contributed by atoms with van der Waals surface area (Å²) in [5.74, 6) is 0.718. The van der Waals surface area contributed by atoms with E-state index in [9.17, 15) is 4.79 Å². The van der Waals surface area contributed by atoms with Crippen LogP contribution in [0.2, 0.25) is 5.02 Å². The summed E-state index contributed by atoms with van der Waals surface area (Å²) in [5, 5.41) is 7.42. The Morgan fingerprint density at radius 3 is 2.74 bits per heavy atom. The lowest BCUT2D eigenvalue weighted by Gasteiger charge is -2.35. The Balaban J connectivity index is 0.00000192. The number of amides is 1. The molecule has 2 fully saturated rings. The fourth-order valence-corrected chi connectivity index (χ4v) is 4.09. The van der Waals surface area contributed by atoms with E-state index in [-0.39, 0.29) is 29.8 Å². The van der Waals surface area contributed by atoms with Crippen molar-refractivity contribution in [2.75, 3.05) is 13.1 Å². The first kappa shape index (κ1) is 18.6. The van der Waals surface area contributed by atoms with Crippen molar-refractivity contribution < 1.29 is 4.79 Å². The summed E-state index contributed by atoms with van der Waals surface area (Å²) >= 11 is 6.16. The molecule has 23 heavy (non-hydrogen) atoms. The van der Waals surface area contributed by atoms with Crippen LogP contribution in [-0.2, 0) is 10.2 Å². The molecule has 0 radical (unpaired) electrons. The van der Waals surface area contributed by atoms with E-state index in [1.54, 1.807) is 0 Å². The average Bonchev–Trinajstić information content (AvgIpc) is 3.00. The fraction of sp³-hybridized carbons (Fsp3) is 0.611. The van der Waals surface area contributed by atoms with Crippen molar-refractivity contribution in [2.45, 2.75) is 50.5 Å². The summed E-state index contributed by atoms with van der Waals surface area (Å²) in [7, 11) is 0. The Hall–Kier alpha value is -0.770. The highest BCUT2D eigenvalue weighted by Crippen LogP contribution is 2.42. The number of piperidine rings is 1. The lowest BCUT2D eigenvalue weighted by Crippen LogP contribution is -2.54. The van der Waals surface area contributed by atoms with Gasteiger partial charge in [0, 0.05) is 17.6 Å². The van der Waals surface area contributed by atoms with E-state index < -0.39 is 0 Å². The minimum absolute atomic E-state index is 0. The van der Waals surface area contributed by atoms with Gasteiger partial charge in [0.15, 0.2) is 0 Å². The summed E-state index contributed by atoms with van der Waals surface area (Å²) < 4.78 is 0. The molecule has 0 bridgehead atoms. The van der Waals surface area contributed by atoms with Gasteiger partial charge in [0.2, 0.25) is 5.91 Å². The monoisotopic (exact) mass is 356 g/mol. The molecule has 3 nitrogen and oxygen atoms in total. The third-order valence-corrected chi connectivity index (χ3v) is 5.65. The summed E-state index contributed by atoms with van der Waals surface area (Å²) in [6.45, 7) is 4.15. The van der Waals surface area contributed by atoms with Gasteiger partial charge in [-0.05, 0) is 49.4 Å². The zero-order valence-electron chi connectivity index (χ0n) is 13.6. The van der Waals surface area contributed by atoms with Gasteiger partial charge in [-0.1, -0.05) is 43.5 Å². The zero-order valence-corrected chi connectivity index (χ0v) is 15.2. The smallest absolute Gasteiger partial charge is 0.230 e. The molecule has 2 N–H and O–H groups in total. The Morgan fingerprint density at radius 2 is 2.09 bits per heavy atom. The second-order valence-electron chi connectivity index (χ2n) is 6.85. The Bertz CT molecular complexity index is 544. The van der Waals surface area contributed by atoms with Crippen LogP contribution in [0.5, 0.6) is 0 Å². The molecule has 2 aliphatic rings. The maximum Gasteiger partial charge on any atom is 0.230 e. The second-order valence-corrected chi connectivity index (χ2v) is 7.29. The van der Waals surface area contributed by atoms with Gasteiger partial charge in [0.1, 0.15) is 0 Å². The minimum atomic E-state index is -0.387. The average molecular weight is 357 g/mol. The van der Waals surface area contributed by atoms with Crippen molar-refractivity contribution in [1.82, 2.24) is 10.6 Å². The lowest BCUT2D eigenvalue weighted by molar-refractivity contribution is -0.127. The fourth-order valence-electron chi connectivity index (χ4n) is 3.90. The largest absolute Gasteiger partial charge is 0.351 e. The van der Waals surface area contributed by atoms with Gasteiger partial charge in [-0.3, -0.25) is 4.79 Å². The van der Waals surface area contributed by atoms with Gasteiger partial charge in [-0.15, -0.1) is 12.4 Å². The van der Waals surface area contributed by atoms with Crippen molar-refractivity contribution in [3.63, 3.8) is 0 Å². The zero-order chi connectivity index (χ0) is 15.6. The van der Waals surface area contributed by atoms with Crippen LogP contribution in [-0.4, -0.2) is 25.0 Å². The van der Waals surface area contributed by atoms with Gasteiger partial charge >= 0.3 is 0 Å². The number of benzene rings is 1. The third kappa shape index (κ3) is 3.84. The van der Waals surface area contributed by atoms with Crippen LogP contribution in [0.4, 0.5) is 0 Å². The molecule has 5 heteroatoms. The van der Waals surface area contributed by atoms with Crippen molar-refractivity contribution in [2.24, 2.45) is 5.92 Å². The van der Waals surface area contributed by atoms with Crippen LogP contribution < -0.4 is 10.6 Å². The van der Waals surface area contributed by atoms with Gasteiger partial charge in [0.25, 0.3) is 0 Å². The number of halogens is 2. The second kappa shape index (κ2) is 7.87. The Kier molecular flexibility index (Phi) is 6.35. The summed E-state index contributed by atoms with van der Waals surface area (Å²) in [5.41, 5.74) is 0.689. The molecule has 128 valence electrons. The molecular formula is C18H26Cl2N2O. The van der Waals surface area contributed by atoms with Crippen molar-refractivity contribution in [1.29, 1.82) is 0 Å². The molecule has 1 heterocycles. The number of hydrogen-bond acceptors (Lipinski definition) is 2. The van der Waals surface area contributed by atoms with Crippen molar-refractivity contribution in [3.05, 3.63) is 34.9 Å². The SMILES string of the molecule is CC1CCNCC1NC(=O)C1(c2cccc(Cl)c2)CCCC1.Cl. The van der Waals surface area contributed by atoms with E-state index in [0.29, 0.717) is 10.9 Å². The summed E-state index contributed by atoms with van der Waals surface area (Å²) in [6.07, 6.45) is 5.19. The van der Waals surface area contributed by atoms with E-state index in [0.717, 1.165) is 50.8 Å². The molecule has 1 saturated heterocycles. The number of carbonyl (C=O) groups is 1. The Morgan fingerprint density at radius 1 is 1.35 bits per heavy atom. The first-order chi connectivity index (χ1) is 10.6. The van der Waals surface area contributed by atoms with Crippen LogP contribution in [0.3, 0.4) is 0 Å². The van der Waals surface area contributed by atoms with E-state index in [4.69, 9.17) is 11.6 Å². The highest BCUT2D eigenvalue weighted by Gasteiger charge is 2.43. The van der Waals surface area contributed by atoms with Gasteiger partial charge in [-0.2, -0.15) is 0 Å². The Labute approximate surface area is 150 Å². The highest BCUT2D eigenvalue weighted by atomic mass is 35.5. The van der Waals surface area contributed by atoms with Gasteiger partial charge < -0.3 is 10.6 Å². The van der Waals surface area contributed by atoms with Gasteiger partial charge in [0.05, 0.1) is 5.41 Å². The molecule has 1 aromatic carbocycles. The van der Waals surface area contributed by atoms with E-state index in [1.165, 1.54) is 0 Å². The van der Waals surface area contributed by atoms with Crippen molar-refractivity contribution >= 4 is 29.9 Å². The van der Waals surface area contributed by atoms with Crippen LogP contribution in [0.1, 0.15) is 44.6 Å². The first-order valence-corrected chi connectivity index (χ1v) is 8.77. The summed E-state index contributed by atoms with van der Waals surface area (Å²) in [4.78, 5) is 13.1. The minimum Gasteiger partial charge on any atom is -0.351 e. The van der Waals surface area contributed by atoms with Crippen LogP contribution in [0.15, 0.2) is 24.3 Å². The molecule has 1 aliphatic heterocycles. The third-order valence-electron chi connectivity index (χ3n) is 5.41. The molecule has 1 amide bonds. The lowest BCUT2D eigenvalue weighted by atomic mass is 9.77. The van der Waals surface area contributed by atoms with Crippen LogP contribution in [0.25, 0.3) is 0 Å². The maximum absolute atomic E-state index is 13.1. The molecule has 3 rings (SSSR count). The molecule has 2 unspecified atom stereocenters. The topological polar surface area (TPSA) is 41.1 Å². The quantitative estimate of drug-likeness (QED) is 0.866. The van der Waals surface area contributed by atoms with Crippen molar-refractivity contribution in [3.8, 4) is 0 Å². The predicted molar refractivity (Wildman–Crippen MR) is 97.4 cm³/mol. The molecule has 0 spiro atoms. The molecule has 1 saturated carbocycles. The van der Waals surface area contributed by atoms with E-state index in [1.807, 2.05) is 18.2 Å². The highest BCUT2D eigenvalue weighted by molar-refractivity contribution is 6.30. The standard InChI is InChI=1S/C18H25ClN2O.ClH/c1-13-7-10-20-12-16(13)21-17(22)18(8-2-3-9-18)14-5-4-6-15(19)11-14;/h4-6,11,13,16,20H,2-3,7-10,12H2,1H3,(H,21,22);1H. The molecular weight excluding hydrogens is 331 g/mol. The van der Waals surface area contributed by atoms with E-state index >= 15 is 0 Å². The van der Waals surface area contributed by atoms with E-state index in [2.05, 4.69) is 23.6 Å². The molecule has 1 aromatic rings. The number of rotatable bonds is 3. The molecule has 2 atom stereocenters. The van der Waals surface area contributed by atoms with Crippen LogP contribution >= 0.6 is 24.0 Å².